The summed E-state index contributed by atoms with van der Waals surface area (Å²) in [5.41, 5.74) is 19.2. The first-order chi connectivity index (χ1) is 32.3. The van der Waals surface area contributed by atoms with E-state index in [1.165, 1.54) is 33.4 Å². The van der Waals surface area contributed by atoms with Crippen molar-refractivity contribution < 1.29 is 9.15 Å². The van der Waals surface area contributed by atoms with Gasteiger partial charge in [0.05, 0.1) is 33.9 Å². The highest BCUT2D eigenvalue weighted by Gasteiger charge is 2.54. The molecule has 0 amide bonds. The van der Waals surface area contributed by atoms with E-state index in [0.717, 1.165) is 89.8 Å². The molecule has 11 aromatic rings. The molecule has 14 rings (SSSR count). The predicted octanol–water partition coefficient (Wildman–Crippen LogP) is 16.6. The SMILES string of the molecule is c1ccc(-c2cc(-c3ccccc3)cc(N(c3cccc4c3-c3ccccc3C43c4ccccc4N4c5ccccc5Oc5cccc3c54)c3cccc4c3oc3ccccc34)c2)cc1. The number of para-hydroxylation sites is 6. The van der Waals surface area contributed by atoms with Crippen LogP contribution in [0.25, 0.3) is 55.3 Å². The number of furan rings is 1. The fourth-order valence-electron chi connectivity index (χ4n) is 11.2. The van der Waals surface area contributed by atoms with Crippen LogP contribution < -0.4 is 14.5 Å². The second-order valence-corrected chi connectivity index (χ2v) is 17.2. The summed E-state index contributed by atoms with van der Waals surface area (Å²) in [7, 11) is 0. The van der Waals surface area contributed by atoms with Crippen LogP contribution in [0.4, 0.5) is 34.1 Å². The van der Waals surface area contributed by atoms with Crippen LogP contribution in [0.15, 0.2) is 235 Å². The Bertz CT molecular complexity index is 3670. The first kappa shape index (κ1) is 35.9. The molecule has 0 fully saturated rings. The highest BCUT2D eigenvalue weighted by atomic mass is 16.5. The third kappa shape index (κ3) is 5.02. The molecule has 10 aromatic carbocycles. The average molecular weight is 831 g/mol. The number of hydrogen-bond donors (Lipinski definition) is 0. The molecule has 1 unspecified atom stereocenters. The van der Waals surface area contributed by atoms with Crippen molar-refractivity contribution in [2.45, 2.75) is 5.41 Å². The molecule has 3 aliphatic rings. The summed E-state index contributed by atoms with van der Waals surface area (Å²) in [6, 6.07) is 83.3. The predicted molar refractivity (Wildman–Crippen MR) is 265 cm³/mol. The largest absolute Gasteiger partial charge is 0.454 e. The minimum Gasteiger partial charge on any atom is -0.454 e. The Morgan fingerprint density at radius 1 is 0.400 bits per heavy atom. The molecular weight excluding hydrogens is 793 g/mol. The molecular formula is C61H38N2O2. The van der Waals surface area contributed by atoms with Crippen molar-refractivity contribution in [2.24, 2.45) is 0 Å². The van der Waals surface area contributed by atoms with Crippen molar-refractivity contribution in [2.75, 3.05) is 9.80 Å². The van der Waals surface area contributed by atoms with Crippen molar-refractivity contribution in [3.8, 4) is 44.9 Å². The fraction of sp³-hybridized carbons (Fsp3) is 0.0164. The summed E-state index contributed by atoms with van der Waals surface area (Å²) in [6.45, 7) is 0. The van der Waals surface area contributed by atoms with E-state index in [0.29, 0.717) is 0 Å². The standard InChI is InChI=1S/C61H38N2O2/c1-3-18-39(19-4-1)41-36-42(40-20-5-2-6-21-40)38-43(37-41)62(54-32-15-24-45-44-22-8-13-33-55(44)65-60(45)54)53-31-16-27-49-58(53)46-23-7-9-25-47(46)61(49)48-26-10-11-29-51(48)63-52-30-12-14-34-56(52)64-57-35-17-28-50(61)59(57)63/h1-38H. The maximum absolute atomic E-state index is 6.94. The van der Waals surface area contributed by atoms with Crippen molar-refractivity contribution in [1.82, 2.24) is 0 Å². The summed E-state index contributed by atoms with van der Waals surface area (Å²) in [5.74, 6) is 1.70. The van der Waals surface area contributed by atoms with Crippen LogP contribution in [-0.4, -0.2) is 0 Å². The van der Waals surface area contributed by atoms with E-state index in [2.05, 4.69) is 228 Å². The monoisotopic (exact) mass is 830 g/mol. The zero-order chi connectivity index (χ0) is 42.6. The molecule has 4 heteroatoms. The lowest BCUT2D eigenvalue weighted by Gasteiger charge is -2.47. The lowest BCUT2D eigenvalue weighted by atomic mass is 9.64. The van der Waals surface area contributed by atoms with Crippen molar-refractivity contribution >= 4 is 56.1 Å². The van der Waals surface area contributed by atoms with E-state index in [-0.39, 0.29) is 0 Å². The highest BCUT2D eigenvalue weighted by molar-refractivity contribution is 6.12. The molecule has 65 heavy (non-hydrogen) atoms. The van der Waals surface area contributed by atoms with Gasteiger partial charge in [-0.1, -0.05) is 170 Å². The quantitative estimate of drug-likeness (QED) is 0.173. The zero-order valence-electron chi connectivity index (χ0n) is 35.2. The Labute approximate surface area is 376 Å². The van der Waals surface area contributed by atoms with Gasteiger partial charge in [0.1, 0.15) is 5.58 Å². The first-order valence-electron chi connectivity index (χ1n) is 22.3. The number of rotatable bonds is 5. The van der Waals surface area contributed by atoms with E-state index < -0.39 is 5.41 Å². The number of nitrogens with zero attached hydrogens (tertiary/aromatic N) is 2. The Balaban J connectivity index is 1.10. The number of benzene rings is 10. The van der Waals surface area contributed by atoms with Crippen LogP contribution in [0.5, 0.6) is 11.5 Å². The van der Waals surface area contributed by atoms with Gasteiger partial charge in [-0.15, -0.1) is 0 Å². The lowest BCUT2D eigenvalue weighted by Crippen LogP contribution is -2.37. The zero-order valence-corrected chi connectivity index (χ0v) is 35.2. The molecule has 0 radical (unpaired) electrons. The second-order valence-electron chi connectivity index (χ2n) is 17.2. The number of anilines is 6. The van der Waals surface area contributed by atoms with Gasteiger partial charge in [0.25, 0.3) is 0 Å². The van der Waals surface area contributed by atoms with Gasteiger partial charge in [-0.3, -0.25) is 0 Å². The van der Waals surface area contributed by atoms with Crippen LogP contribution in [0.2, 0.25) is 0 Å². The van der Waals surface area contributed by atoms with Gasteiger partial charge in [0, 0.05) is 22.0 Å². The van der Waals surface area contributed by atoms with Crippen molar-refractivity contribution in [1.29, 1.82) is 0 Å². The van der Waals surface area contributed by atoms with E-state index in [1.807, 2.05) is 12.1 Å². The molecule has 1 spiro atoms. The van der Waals surface area contributed by atoms with Gasteiger partial charge >= 0.3 is 0 Å². The molecule has 1 aliphatic carbocycles. The molecule has 304 valence electrons. The topological polar surface area (TPSA) is 28.9 Å². The molecule has 2 aliphatic heterocycles. The molecule has 0 N–H and O–H groups in total. The van der Waals surface area contributed by atoms with E-state index in [9.17, 15) is 0 Å². The number of fused-ring (bicyclic) bond motifs is 14. The minimum atomic E-state index is -0.672. The van der Waals surface area contributed by atoms with Gasteiger partial charge in [0.2, 0.25) is 0 Å². The number of ether oxygens (including phenoxy) is 1. The fourth-order valence-corrected chi connectivity index (χ4v) is 11.2. The summed E-state index contributed by atoms with van der Waals surface area (Å²) in [5, 5.41) is 2.17. The van der Waals surface area contributed by atoms with Crippen molar-refractivity contribution in [3.63, 3.8) is 0 Å². The maximum Gasteiger partial charge on any atom is 0.159 e. The maximum atomic E-state index is 6.94. The molecule has 1 aromatic heterocycles. The van der Waals surface area contributed by atoms with Crippen LogP contribution in [0, 0.1) is 0 Å². The Hall–Kier alpha value is -8.60. The molecule has 0 saturated heterocycles. The van der Waals surface area contributed by atoms with Gasteiger partial charge < -0.3 is 19.0 Å². The Morgan fingerprint density at radius 3 is 1.80 bits per heavy atom. The average Bonchev–Trinajstić information content (AvgIpc) is 3.91. The first-order valence-corrected chi connectivity index (χ1v) is 22.3. The van der Waals surface area contributed by atoms with Crippen LogP contribution in [0.1, 0.15) is 22.3 Å². The summed E-state index contributed by atoms with van der Waals surface area (Å²) >= 11 is 0. The third-order valence-electron chi connectivity index (χ3n) is 13.8. The Morgan fingerprint density at radius 2 is 0.985 bits per heavy atom. The normalized spacial score (nSPS) is 14.9. The molecule has 4 nitrogen and oxygen atoms in total. The van der Waals surface area contributed by atoms with E-state index >= 15 is 0 Å². The summed E-state index contributed by atoms with van der Waals surface area (Å²) < 4.78 is 13.7. The van der Waals surface area contributed by atoms with Gasteiger partial charge in [0.15, 0.2) is 17.1 Å². The molecule has 0 bridgehead atoms. The van der Waals surface area contributed by atoms with Gasteiger partial charge in [-0.05, 0) is 111 Å². The van der Waals surface area contributed by atoms with E-state index in [4.69, 9.17) is 9.15 Å². The van der Waals surface area contributed by atoms with Crippen LogP contribution >= 0.6 is 0 Å². The lowest BCUT2D eigenvalue weighted by molar-refractivity contribution is 0.473. The Kier molecular flexibility index (Phi) is 7.57. The third-order valence-corrected chi connectivity index (χ3v) is 13.8. The van der Waals surface area contributed by atoms with Crippen LogP contribution in [-0.2, 0) is 5.41 Å². The van der Waals surface area contributed by atoms with Gasteiger partial charge in [-0.25, -0.2) is 0 Å². The van der Waals surface area contributed by atoms with Crippen LogP contribution in [0.3, 0.4) is 0 Å². The highest BCUT2D eigenvalue weighted by Crippen LogP contribution is 2.68. The van der Waals surface area contributed by atoms with Gasteiger partial charge in [-0.2, -0.15) is 0 Å². The summed E-state index contributed by atoms with van der Waals surface area (Å²) in [4.78, 5) is 4.88. The molecule has 0 saturated carbocycles. The molecule has 3 heterocycles. The minimum absolute atomic E-state index is 0.672. The summed E-state index contributed by atoms with van der Waals surface area (Å²) in [6.07, 6.45) is 0. The number of hydrogen-bond acceptors (Lipinski definition) is 4. The second kappa shape index (κ2) is 13.7. The molecule has 1 atom stereocenters. The van der Waals surface area contributed by atoms with E-state index in [1.54, 1.807) is 0 Å². The smallest absolute Gasteiger partial charge is 0.159 e. The van der Waals surface area contributed by atoms with Crippen molar-refractivity contribution in [3.05, 3.63) is 253 Å².